The van der Waals surface area contributed by atoms with E-state index in [9.17, 15) is 4.79 Å². The zero-order valence-electron chi connectivity index (χ0n) is 9.09. The number of hydrogen-bond acceptors (Lipinski definition) is 1. The van der Waals surface area contributed by atoms with Gasteiger partial charge in [-0.2, -0.15) is 0 Å². The molecule has 0 aromatic heterocycles. The topological polar surface area (TPSA) is 29.1 Å². The number of benzene rings is 2. The molecular formula is C14H11NOSe. The Morgan fingerprint density at radius 1 is 0.941 bits per heavy atom. The first kappa shape index (κ1) is 10.6. The van der Waals surface area contributed by atoms with E-state index in [2.05, 4.69) is 17.4 Å². The third-order valence-electron chi connectivity index (χ3n) is 2.74. The molecule has 1 unspecified atom stereocenters. The van der Waals surface area contributed by atoms with Gasteiger partial charge in [-0.1, -0.05) is 0 Å². The van der Waals surface area contributed by atoms with Crippen LogP contribution >= 0.6 is 0 Å². The van der Waals surface area contributed by atoms with Crippen molar-refractivity contribution in [2.45, 2.75) is 4.82 Å². The van der Waals surface area contributed by atoms with Gasteiger partial charge in [0, 0.05) is 0 Å². The van der Waals surface area contributed by atoms with Crippen molar-refractivity contribution in [3.63, 3.8) is 0 Å². The quantitative estimate of drug-likeness (QED) is 0.838. The van der Waals surface area contributed by atoms with Crippen LogP contribution < -0.4 is 9.78 Å². The Balaban J connectivity index is 1.92. The standard InChI is InChI=1S/C14H11NOSe/c16-14-13(17-10-6-2-1-3-7-10)11-8-4-5-9-12(11)15-14/h1-9,13H,(H,15,16). The van der Waals surface area contributed by atoms with E-state index in [0.29, 0.717) is 0 Å². The number of carbonyl (C=O) groups excluding carboxylic acids is 1. The van der Waals surface area contributed by atoms with Crippen molar-refractivity contribution < 1.29 is 4.79 Å². The first-order valence-electron chi connectivity index (χ1n) is 5.46. The zero-order chi connectivity index (χ0) is 11.7. The third kappa shape index (κ3) is 1.99. The summed E-state index contributed by atoms with van der Waals surface area (Å²) in [5.41, 5.74) is 2.11. The van der Waals surface area contributed by atoms with Crippen LogP contribution in [0.3, 0.4) is 0 Å². The number of anilines is 1. The molecule has 1 aliphatic heterocycles. The van der Waals surface area contributed by atoms with Crippen molar-refractivity contribution in [1.82, 2.24) is 0 Å². The van der Waals surface area contributed by atoms with E-state index in [1.165, 1.54) is 4.46 Å². The summed E-state index contributed by atoms with van der Waals surface area (Å²) in [6, 6.07) is 18.2. The van der Waals surface area contributed by atoms with Crippen LogP contribution in [0.15, 0.2) is 54.6 Å². The second-order valence-corrected chi connectivity index (χ2v) is 6.36. The Kier molecular flexibility index (Phi) is 2.71. The predicted octanol–water partition coefficient (Wildman–Crippen LogP) is 1.71. The molecule has 2 nitrogen and oxygen atoms in total. The van der Waals surface area contributed by atoms with Gasteiger partial charge in [-0.15, -0.1) is 0 Å². The Hall–Kier alpha value is -1.57. The summed E-state index contributed by atoms with van der Waals surface area (Å²) in [6.07, 6.45) is 0. The van der Waals surface area contributed by atoms with E-state index < -0.39 is 0 Å². The molecule has 1 heterocycles. The van der Waals surface area contributed by atoms with Crippen LogP contribution in [0.1, 0.15) is 10.4 Å². The van der Waals surface area contributed by atoms with Crippen molar-refractivity contribution in [1.29, 1.82) is 0 Å². The molecule has 3 heteroatoms. The first-order valence-corrected chi connectivity index (χ1v) is 7.30. The summed E-state index contributed by atoms with van der Waals surface area (Å²) in [4.78, 5) is 12.0. The molecule has 17 heavy (non-hydrogen) atoms. The summed E-state index contributed by atoms with van der Waals surface area (Å²) < 4.78 is 1.26. The minimum atomic E-state index is 0.0149. The first-order chi connectivity index (χ1) is 8.34. The Bertz CT molecular complexity index is 553. The predicted molar refractivity (Wildman–Crippen MR) is 69.6 cm³/mol. The van der Waals surface area contributed by atoms with Gasteiger partial charge in [-0.05, 0) is 0 Å². The summed E-state index contributed by atoms with van der Waals surface area (Å²) in [5, 5.41) is 2.94. The van der Waals surface area contributed by atoms with Crippen LogP contribution in [-0.4, -0.2) is 20.9 Å². The number of nitrogens with one attached hydrogen (secondary N) is 1. The molecule has 0 saturated heterocycles. The fraction of sp³-hybridized carbons (Fsp3) is 0.0714. The molecule has 84 valence electrons. The van der Waals surface area contributed by atoms with Gasteiger partial charge in [0.15, 0.2) is 0 Å². The minimum absolute atomic E-state index is 0.0149. The monoisotopic (exact) mass is 289 g/mol. The molecule has 3 rings (SSSR count). The van der Waals surface area contributed by atoms with Crippen LogP contribution in [0.2, 0.25) is 0 Å². The average Bonchev–Trinajstić information content (AvgIpc) is 2.68. The number of amides is 1. The van der Waals surface area contributed by atoms with Gasteiger partial charge in [0.2, 0.25) is 0 Å². The summed E-state index contributed by atoms with van der Waals surface area (Å²) in [6.45, 7) is 0. The van der Waals surface area contributed by atoms with Crippen molar-refractivity contribution in [3.05, 3.63) is 60.2 Å². The van der Waals surface area contributed by atoms with Gasteiger partial charge in [-0.3, -0.25) is 0 Å². The van der Waals surface area contributed by atoms with E-state index in [1.54, 1.807) is 0 Å². The van der Waals surface area contributed by atoms with Gasteiger partial charge in [0.25, 0.3) is 0 Å². The molecule has 0 bridgehead atoms. The van der Waals surface area contributed by atoms with E-state index >= 15 is 0 Å². The molecule has 0 aliphatic carbocycles. The number of hydrogen-bond donors (Lipinski definition) is 1. The molecule has 1 N–H and O–H groups in total. The van der Waals surface area contributed by atoms with Crippen molar-refractivity contribution in [2.24, 2.45) is 0 Å². The summed E-state index contributed by atoms with van der Waals surface area (Å²) >= 11 is 0.151. The third-order valence-corrected chi connectivity index (χ3v) is 5.35. The fourth-order valence-corrected chi connectivity index (χ4v) is 4.21. The van der Waals surface area contributed by atoms with Gasteiger partial charge in [0.1, 0.15) is 0 Å². The molecule has 0 saturated carbocycles. The number of fused-ring (bicyclic) bond motifs is 1. The molecule has 0 radical (unpaired) electrons. The van der Waals surface area contributed by atoms with Crippen LogP contribution in [0.5, 0.6) is 0 Å². The molecule has 1 aliphatic rings. The molecule has 0 spiro atoms. The maximum atomic E-state index is 11.9. The van der Waals surface area contributed by atoms with Gasteiger partial charge >= 0.3 is 106 Å². The summed E-state index contributed by atoms with van der Waals surface area (Å²) in [7, 11) is 0. The van der Waals surface area contributed by atoms with E-state index in [0.717, 1.165) is 11.3 Å². The van der Waals surface area contributed by atoms with Crippen LogP contribution in [0.4, 0.5) is 5.69 Å². The van der Waals surface area contributed by atoms with E-state index in [4.69, 9.17) is 0 Å². The van der Waals surface area contributed by atoms with Gasteiger partial charge < -0.3 is 0 Å². The second kappa shape index (κ2) is 4.36. The fourth-order valence-electron chi connectivity index (χ4n) is 1.93. The SMILES string of the molecule is O=C1Nc2ccccc2C1[Se]c1ccccc1. The normalized spacial score (nSPS) is 17.6. The van der Waals surface area contributed by atoms with Crippen LogP contribution in [0, 0.1) is 0 Å². The number of carbonyl (C=O) groups is 1. The molecule has 1 amide bonds. The molecule has 2 aromatic rings. The maximum absolute atomic E-state index is 11.9. The van der Waals surface area contributed by atoms with Crippen molar-refractivity contribution in [2.75, 3.05) is 5.32 Å². The van der Waals surface area contributed by atoms with Crippen LogP contribution in [0.25, 0.3) is 0 Å². The molecular weight excluding hydrogens is 277 g/mol. The number of rotatable bonds is 2. The van der Waals surface area contributed by atoms with Gasteiger partial charge in [0.05, 0.1) is 0 Å². The average molecular weight is 288 g/mol. The van der Waals surface area contributed by atoms with Gasteiger partial charge in [-0.25, -0.2) is 0 Å². The molecule has 1 atom stereocenters. The van der Waals surface area contributed by atoms with Crippen molar-refractivity contribution in [3.8, 4) is 0 Å². The second-order valence-electron chi connectivity index (χ2n) is 3.89. The van der Waals surface area contributed by atoms with Crippen molar-refractivity contribution >= 4 is 31.0 Å². The van der Waals surface area contributed by atoms with Crippen LogP contribution in [-0.2, 0) is 4.79 Å². The van der Waals surface area contributed by atoms with E-state index in [-0.39, 0.29) is 25.7 Å². The number of para-hydroxylation sites is 1. The van der Waals surface area contributed by atoms with E-state index in [1.807, 2.05) is 42.5 Å². The zero-order valence-corrected chi connectivity index (χ0v) is 10.8. The Labute approximate surface area is 106 Å². The summed E-state index contributed by atoms with van der Waals surface area (Å²) in [5.74, 6) is 0.134. The molecule has 2 aromatic carbocycles. The Morgan fingerprint density at radius 2 is 1.65 bits per heavy atom. The Morgan fingerprint density at radius 3 is 2.47 bits per heavy atom. The molecule has 0 fully saturated rings.